The Bertz CT molecular complexity index is 997. The maximum absolute atomic E-state index is 12.3. The van der Waals surface area contributed by atoms with Crippen LogP contribution < -0.4 is 9.47 Å². The molecule has 0 spiro atoms. The number of ether oxygens (including phenoxy) is 2. The van der Waals surface area contributed by atoms with E-state index in [9.17, 15) is 4.79 Å². The van der Waals surface area contributed by atoms with E-state index in [1.165, 1.54) is 0 Å². The fourth-order valence-electron chi connectivity index (χ4n) is 2.81. The van der Waals surface area contributed by atoms with Crippen LogP contribution in [0.4, 0.5) is 0 Å². The third-order valence-corrected chi connectivity index (χ3v) is 4.90. The highest BCUT2D eigenvalue weighted by atomic mass is 35.5. The molecule has 6 nitrogen and oxygen atoms in total. The van der Waals surface area contributed by atoms with Crippen LogP contribution in [0.5, 0.6) is 11.5 Å². The Balaban J connectivity index is 1.63. The minimum Gasteiger partial charge on any atom is -0.497 e. The van der Waals surface area contributed by atoms with Crippen molar-refractivity contribution in [3.8, 4) is 22.9 Å². The topological polar surface area (TPSA) is 74.5 Å². The van der Waals surface area contributed by atoms with Gasteiger partial charge >= 0.3 is 5.97 Å². The molecule has 0 amide bonds. The van der Waals surface area contributed by atoms with Crippen molar-refractivity contribution >= 4 is 17.6 Å². The van der Waals surface area contributed by atoms with Gasteiger partial charge in [0.1, 0.15) is 11.5 Å². The minimum absolute atomic E-state index is 0.128. The SMILES string of the molecule is COc1ccc(-c2noc(CCC(=O)Oc3cc(C)c(Cl)cc3C(C)C)n2)cc1. The Hall–Kier alpha value is -2.86. The molecule has 0 atom stereocenters. The second-order valence-corrected chi connectivity index (χ2v) is 7.42. The summed E-state index contributed by atoms with van der Waals surface area (Å²) in [5.74, 6) is 1.95. The van der Waals surface area contributed by atoms with Crippen molar-refractivity contribution < 1.29 is 18.8 Å². The van der Waals surface area contributed by atoms with Crippen LogP contribution in [0, 0.1) is 6.92 Å². The molecule has 0 N–H and O–H groups in total. The summed E-state index contributed by atoms with van der Waals surface area (Å²) in [6.45, 7) is 5.93. The Labute approximate surface area is 174 Å². The standard InChI is InChI=1S/C22H23ClN2O4/c1-13(2)17-12-18(23)14(3)11-19(17)28-21(26)10-9-20-24-22(25-29-20)15-5-7-16(27-4)8-6-15/h5-8,11-13H,9-10H2,1-4H3. The lowest BCUT2D eigenvalue weighted by atomic mass is 10.0. The Morgan fingerprint density at radius 3 is 2.59 bits per heavy atom. The van der Waals surface area contributed by atoms with Crippen LogP contribution in [0.15, 0.2) is 40.9 Å². The zero-order valence-corrected chi connectivity index (χ0v) is 17.6. The summed E-state index contributed by atoms with van der Waals surface area (Å²) in [7, 11) is 1.61. The van der Waals surface area contributed by atoms with Gasteiger partial charge in [-0.2, -0.15) is 4.98 Å². The number of rotatable bonds is 7. The fraction of sp³-hybridized carbons (Fsp3) is 0.318. The summed E-state index contributed by atoms with van der Waals surface area (Å²) in [5, 5.41) is 4.63. The molecule has 1 heterocycles. The van der Waals surface area contributed by atoms with Crippen molar-refractivity contribution in [2.45, 2.75) is 39.5 Å². The molecule has 7 heteroatoms. The number of methoxy groups -OCH3 is 1. The molecular formula is C22H23ClN2O4. The van der Waals surface area contributed by atoms with Gasteiger partial charge in [0.05, 0.1) is 13.5 Å². The van der Waals surface area contributed by atoms with E-state index in [4.69, 9.17) is 25.6 Å². The Kier molecular flexibility index (Phi) is 6.54. The number of hydrogen-bond donors (Lipinski definition) is 0. The van der Waals surface area contributed by atoms with E-state index in [-0.39, 0.29) is 18.3 Å². The molecule has 0 aliphatic rings. The smallest absolute Gasteiger partial charge is 0.311 e. The van der Waals surface area contributed by atoms with Crippen LogP contribution in [0.2, 0.25) is 5.02 Å². The summed E-state index contributed by atoms with van der Waals surface area (Å²) in [5.41, 5.74) is 2.56. The maximum atomic E-state index is 12.3. The number of halogens is 1. The molecule has 29 heavy (non-hydrogen) atoms. The van der Waals surface area contributed by atoms with Gasteiger partial charge in [0.15, 0.2) is 0 Å². The van der Waals surface area contributed by atoms with Gasteiger partial charge in [-0.1, -0.05) is 30.6 Å². The van der Waals surface area contributed by atoms with Crippen LogP contribution in [-0.4, -0.2) is 23.2 Å². The van der Waals surface area contributed by atoms with Crippen molar-refractivity contribution in [2.75, 3.05) is 7.11 Å². The molecule has 1 aromatic heterocycles. The molecule has 0 unspecified atom stereocenters. The predicted molar refractivity (Wildman–Crippen MR) is 111 cm³/mol. The number of carbonyl (C=O) groups is 1. The van der Waals surface area contributed by atoms with E-state index >= 15 is 0 Å². The second kappa shape index (κ2) is 9.09. The van der Waals surface area contributed by atoms with E-state index in [1.54, 1.807) is 13.2 Å². The molecule has 0 radical (unpaired) electrons. The first kappa shape index (κ1) is 20.9. The molecular weight excluding hydrogens is 392 g/mol. The van der Waals surface area contributed by atoms with Gasteiger partial charge in [-0.15, -0.1) is 0 Å². The monoisotopic (exact) mass is 414 g/mol. The summed E-state index contributed by atoms with van der Waals surface area (Å²) in [6, 6.07) is 11.0. The minimum atomic E-state index is -0.363. The van der Waals surface area contributed by atoms with Crippen LogP contribution >= 0.6 is 11.6 Å². The van der Waals surface area contributed by atoms with Gasteiger partial charge in [-0.05, 0) is 60.4 Å². The van der Waals surface area contributed by atoms with Crippen molar-refractivity contribution in [3.05, 3.63) is 58.4 Å². The highest BCUT2D eigenvalue weighted by Gasteiger charge is 2.16. The second-order valence-electron chi connectivity index (χ2n) is 7.01. The first-order valence-corrected chi connectivity index (χ1v) is 9.73. The van der Waals surface area contributed by atoms with E-state index in [0.717, 1.165) is 22.4 Å². The van der Waals surface area contributed by atoms with Gasteiger partial charge in [-0.25, -0.2) is 0 Å². The summed E-state index contributed by atoms with van der Waals surface area (Å²) < 4.78 is 16.0. The lowest BCUT2D eigenvalue weighted by Gasteiger charge is -2.14. The van der Waals surface area contributed by atoms with Gasteiger partial charge in [0, 0.05) is 17.0 Å². The Morgan fingerprint density at radius 1 is 1.21 bits per heavy atom. The number of nitrogens with zero attached hydrogens (tertiary/aromatic N) is 2. The summed E-state index contributed by atoms with van der Waals surface area (Å²) >= 11 is 6.20. The molecule has 0 aliphatic heterocycles. The molecule has 152 valence electrons. The quantitative estimate of drug-likeness (QED) is 0.382. The van der Waals surface area contributed by atoms with Crippen molar-refractivity contribution in [1.29, 1.82) is 0 Å². The molecule has 0 aliphatic carbocycles. The first-order chi connectivity index (χ1) is 13.9. The maximum Gasteiger partial charge on any atom is 0.311 e. The molecule has 0 saturated carbocycles. The lowest BCUT2D eigenvalue weighted by molar-refractivity contribution is -0.134. The van der Waals surface area contributed by atoms with Crippen molar-refractivity contribution in [2.24, 2.45) is 0 Å². The molecule has 0 fully saturated rings. The zero-order valence-electron chi connectivity index (χ0n) is 16.9. The van der Waals surface area contributed by atoms with Gasteiger partial charge in [0.25, 0.3) is 0 Å². The first-order valence-electron chi connectivity index (χ1n) is 9.35. The number of hydrogen-bond acceptors (Lipinski definition) is 6. The highest BCUT2D eigenvalue weighted by Crippen LogP contribution is 2.32. The van der Waals surface area contributed by atoms with E-state index in [0.29, 0.717) is 28.9 Å². The summed E-state index contributed by atoms with van der Waals surface area (Å²) in [4.78, 5) is 16.7. The van der Waals surface area contributed by atoms with Crippen LogP contribution in [0.25, 0.3) is 11.4 Å². The molecule has 3 rings (SSSR count). The number of esters is 1. The third-order valence-electron chi connectivity index (χ3n) is 4.50. The lowest BCUT2D eigenvalue weighted by Crippen LogP contribution is -2.11. The Morgan fingerprint density at radius 2 is 1.93 bits per heavy atom. The number of aromatic nitrogens is 2. The van der Waals surface area contributed by atoms with Crippen LogP contribution in [0.3, 0.4) is 0 Å². The van der Waals surface area contributed by atoms with Crippen molar-refractivity contribution in [3.63, 3.8) is 0 Å². The van der Waals surface area contributed by atoms with Crippen LogP contribution in [-0.2, 0) is 11.2 Å². The average molecular weight is 415 g/mol. The normalized spacial score (nSPS) is 11.0. The third kappa shape index (κ3) is 5.15. The molecule has 2 aromatic carbocycles. The average Bonchev–Trinajstić information content (AvgIpc) is 3.18. The summed E-state index contributed by atoms with van der Waals surface area (Å²) in [6.07, 6.45) is 0.426. The highest BCUT2D eigenvalue weighted by molar-refractivity contribution is 6.31. The molecule has 0 saturated heterocycles. The molecule has 3 aromatic rings. The van der Waals surface area contributed by atoms with Gasteiger partial charge < -0.3 is 14.0 Å². The van der Waals surface area contributed by atoms with Gasteiger partial charge in [-0.3, -0.25) is 4.79 Å². The zero-order chi connectivity index (χ0) is 21.0. The van der Waals surface area contributed by atoms with Crippen LogP contribution in [0.1, 0.15) is 43.2 Å². The van der Waals surface area contributed by atoms with E-state index < -0.39 is 0 Å². The number of aryl methyl sites for hydroxylation is 2. The van der Waals surface area contributed by atoms with E-state index in [2.05, 4.69) is 10.1 Å². The van der Waals surface area contributed by atoms with Gasteiger partial charge in [0.2, 0.25) is 11.7 Å². The largest absolute Gasteiger partial charge is 0.497 e. The number of benzene rings is 2. The molecule has 0 bridgehead atoms. The fourth-order valence-corrected chi connectivity index (χ4v) is 2.98. The number of carbonyl (C=O) groups excluding carboxylic acids is 1. The predicted octanol–water partition coefficient (Wildman–Crippen LogP) is 5.37. The van der Waals surface area contributed by atoms with E-state index in [1.807, 2.05) is 51.1 Å². The van der Waals surface area contributed by atoms with Crippen molar-refractivity contribution in [1.82, 2.24) is 10.1 Å².